The molecule has 0 bridgehead atoms. The fraction of sp³-hybridized carbons (Fsp3) is 0.185. The van der Waals surface area contributed by atoms with E-state index in [0.29, 0.717) is 22.5 Å². The number of hydrogen-bond acceptors (Lipinski definition) is 6. The van der Waals surface area contributed by atoms with Crippen LogP contribution < -0.4 is 15.8 Å². The molecule has 5 aromatic rings. The second kappa shape index (κ2) is 8.59. The summed E-state index contributed by atoms with van der Waals surface area (Å²) in [5, 5.41) is 5.09. The fourth-order valence-electron chi connectivity index (χ4n) is 4.36. The van der Waals surface area contributed by atoms with Crippen molar-refractivity contribution in [1.82, 2.24) is 19.5 Å². The van der Waals surface area contributed by atoms with Gasteiger partial charge in [-0.3, -0.25) is 14.3 Å². The second-order valence-electron chi connectivity index (χ2n) is 8.54. The quantitative estimate of drug-likeness (QED) is 0.411. The van der Waals surface area contributed by atoms with Gasteiger partial charge in [0.25, 0.3) is 5.56 Å². The Morgan fingerprint density at radius 2 is 1.76 bits per heavy atom. The van der Waals surface area contributed by atoms with E-state index in [9.17, 15) is 4.79 Å². The van der Waals surface area contributed by atoms with Crippen LogP contribution in [0.5, 0.6) is 0 Å². The summed E-state index contributed by atoms with van der Waals surface area (Å²) < 4.78 is 1.79. The van der Waals surface area contributed by atoms with Crippen molar-refractivity contribution in [3.05, 3.63) is 94.8 Å². The standard InChI is InChI=1S/C27H26N6O/c1-17(29-26-25-21(13-9-15-28-25)30-18(2)31-26)23-16-19-10-8-14-22(32(3)4)24(19)27(34)33(23)20-11-6-5-7-12-20/h5-17H,1-4H3,(H,29,30,31)/t17-/m0/s1. The van der Waals surface area contributed by atoms with E-state index in [0.717, 1.165) is 28.0 Å². The maximum absolute atomic E-state index is 14.0. The zero-order valence-corrected chi connectivity index (χ0v) is 19.6. The molecule has 170 valence electrons. The monoisotopic (exact) mass is 450 g/mol. The van der Waals surface area contributed by atoms with Crippen molar-refractivity contribution in [1.29, 1.82) is 0 Å². The van der Waals surface area contributed by atoms with E-state index in [1.165, 1.54) is 0 Å². The molecule has 1 N–H and O–H groups in total. The van der Waals surface area contributed by atoms with Gasteiger partial charge in [-0.1, -0.05) is 30.3 Å². The Bertz CT molecular complexity index is 1560. The lowest BCUT2D eigenvalue weighted by Crippen LogP contribution is -2.27. The van der Waals surface area contributed by atoms with Crippen LogP contribution in [0, 0.1) is 6.92 Å². The van der Waals surface area contributed by atoms with Gasteiger partial charge in [0, 0.05) is 37.4 Å². The molecule has 3 aromatic heterocycles. The Hall–Kier alpha value is -4.26. The highest BCUT2D eigenvalue weighted by Gasteiger charge is 2.20. The summed E-state index contributed by atoms with van der Waals surface area (Å²) in [6.07, 6.45) is 1.73. The van der Waals surface area contributed by atoms with Crippen molar-refractivity contribution < 1.29 is 0 Å². The lowest BCUT2D eigenvalue weighted by atomic mass is 10.1. The Kier molecular flexibility index (Phi) is 5.45. The van der Waals surface area contributed by atoms with E-state index in [-0.39, 0.29) is 11.6 Å². The number of nitrogens with zero attached hydrogens (tertiary/aromatic N) is 5. The van der Waals surface area contributed by atoms with Crippen molar-refractivity contribution in [2.45, 2.75) is 19.9 Å². The summed E-state index contributed by atoms with van der Waals surface area (Å²) in [5.74, 6) is 1.30. The third-order valence-corrected chi connectivity index (χ3v) is 5.91. The normalized spacial score (nSPS) is 12.1. The predicted molar refractivity (Wildman–Crippen MR) is 138 cm³/mol. The van der Waals surface area contributed by atoms with E-state index in [1.54, 1.807) is 10.8 Å². The highest BCUT2D eigenvalue weighted by atomic mass is 16.1. The van der Waals surface area contributed by atoms with E-state index in [2.05, 4.69) is 26.3 Å². The molecule has 0 radical (unpaired) electrons. The summed E-state index contributed by atoms with van der Waals surface area (Å²) in [6, 6.07) is 21.3. The molecule has 0 aliphatic rings. The van der Waals surface area contributed by atoms with Crippen molar-refractivity contribution in [2.75, 3.05) is 24.3 Å². The van der Waals surface area contributed by atoms with Crippen LogP contribution in [0.1, 0.15) is 24.5 Å². The molecule has 5 rings (SSSR count). The number of fused-ring (bicyclic) bond motifs is 2. The first-order valence-electron chi connectivity index (χ1n) is 11.2. The number of nitrogens with one attached hydrogen (secondary N) is 1. The van der Waals surface area contributed by atoms with Crippen LogP contribution >= 0.6 is 0 Å². The average Bonchev–Trinajstić information content (AvgIpc) is 2.83. The van der Waals surface area contributed by atoms with Gasteiger partial charge in [-0.2, -0.15) is 0 Å². The lowest BCUT2D eigenvalue weighted by Gasteiger charge is -2.23. The first-order chi connectivity index (χ1) is 16.4. The molecule has 0 aliphatic carbocycles. The number of rotatable bonds is 5. The summed E-state index contributed by atoms with van der Waals surface area (Å²) in [5.41, 5.74) is 3.96. The number of benzene rings is 2. The molecule has 3 heterocycles. The zero-order valence-electron chi connectivity index (χ0n) is 19.6. The van der Waals surface area contributed by atoms with Crippen LogP contribution in [-0.2, 0) is 0 Å². The van der Waals surface area contributed by atoms with Gasteiger partial charge < -0.3 is 10.2 Å². The molecule has 34 heavy (non-hydrogen) atoms. The number of pyridine rings is 2. The van der Waals surface area contributed by atoms with E-state index < -0.39 is 0 Å². The molecule has 0 amide bonds. The molecule has 7 heteroatoms. The number of para-hydroxylation sites is 1. The van der Waals surface area contributed by atoms with Crippen LogP contribution in [0.25, 0.3) is 27.5 Å². The predicted octanol–water partition coefficient (Wildman–Crippen LogP) is 4.88. The molecular weight excluding hydrogens is 424 g/mol. The number of anilines is 2. The van der Waals surface area contributed by atoms with Crippen molar-refractivity contribution >= 4 is 33.3 Å². The van der Waals surface area contributed by atoms with Gasteiger partial charge in [-0.15, -0.1) is 0 Å². The molecule has 0 unspecified atom stereocenters. The molecule has 2 aromatic carbocycles. The van der Waals surface area contributed by atoms with E-state index in [1.807, 2.05) is 93.5 Å². The minimum absolute atomic E-state index is 0.0569. The Balaban J connectivity index is 1.73. The molecular formula is C27H26N6O. The smallest absolute Gasteiger partial charge is 0.265 e. The summed E-state index contributed by atoms with van der Waals surface area (Å²) in [6.45, 7) is 3.89. The molecule has 0 aliphatic heterocycles. The Morgan fingerprint density at radius 3 is 2.53 bits per heavy atom. The summed E-state index contributed by atoms with van der Waals surface area (Å²) >= 11 is 0. The summed E-state index contributed by atoms with van der Waals surface area (Å²) in [4.78, 5) is 29.5. The van der Waals surface area contributed by atoms with Gasteiger partial charge in [-0.05, 0) is 55.6 Å². The number of aryl methyl sites for hydroxylation is 1. The number of aromatic nitrogens is 4. The van der Waals surface area contributed by atoms with Crippen LogP contribution in [0.2, 0.25) is 0 Å². The van der Waals surface area contributed by atoms with Crippen LogP contribution in [-0.4, -0.2) is 33.6 Å². The lowest BCUT2D eigenvalue weighted by molar-refractivity contribution is 0.773. The molecule has 0 saturated carbocycles. The highest BCUT2D eigenvalue weighted by Crippen LogP contribution is 2.29. The van der Waals surface area contributed by atoms with Crippen LogP contribution in [0.15, 0.2) is 77.7 Å². The van der Waals surface area contributed by atoms with E-state index >= 15 is 0 Å². The van der Waals surface area contributed by atoms with Crippen molar-refractivity contribution in [3.63, 3.8) is 0 Å². The van der Waals surface area contributed by atoms with Crippen molar-refractivity contribution in [2.24, 2.45) is 0 Å². The minimum atomic E-state index is -0.236. The number of hydrogen-bond donors (Lipinski definition) is 1. The fourth-order valence-corrected chi connectivity index (χ4v) is 4.36. The zero-order chi connectivity index (χ0) is 23.8. The van der Waals surface area contributed by atoms with Gasteiger partial charge in [0.05, 0.1) is 16.9 Å². The maximum Gasteiger partial charge on any atom is 0.265 e. The van der Waals surface area contributed by atoms with Crippen LogP contribution in [0.4, 0.5) is 11.5 Å². The van der Waals surface area contributed by atoms with E-state index in [4.69, 9.17) is 0 Å². The molecule has 0 fully saturated rings. The van der Waals surface area contributed by atoms with Gasteiger partial charge in [0.1, 0.15) is 11.3 Å². The Labute approximate surface area is 197 Å². The van der Waals surface area contributed by atoms with Gasteiger partial charge in [0.15, 0.2) is 5.82 Å². The topological polar surface area (TPSA) is 75.9 Å². The van der Waals surface area contributed by atoms with Crippen molar-refractivity contribution in [3.8, 4) is 5.69 Å². The first-order valence-corrected chi connectivity index (χ1v) is 11.2. The summed E-state index contributed by atoms with van der Waals surface area (Å²) in [7, 11) is 3.91. The highest BCUT2D eigenvalue weighted by molar-refractivity contribution is 5.94. The first kappa shape index (κ1) is 21.6. The average molecular weight is 451 g/mol. The largest absolute Gasteiger partial charge is 0.377 e. The van der Waals surface area contributed by atoms with Gasteiger partial charge >= 0.3 is 0 Å². The third-order valence-electron chi connectivity index (χ3n) is 5.91. The molecule has 0 saturated heterocycles. The molecule has 7 nitrogen and oxygen atoms in total. The van der Waals surface area contributed by atoms with Crippen LogP contribution in [0.3, 0.4) is 0 Å². The maximum atomic E-state index is 14.0. The molecule has 0 spiro atoms. The minimum Gasteiger partial charge on any atom is -0.377 e. The van der Waals surface area contributed by atoms with Gasteiger partial charge in [-0.25, -0.2) is 9.97 Å². The third kappa shape index (κ3) is 3.75. The SMILES string of the molecule is Cc1nc(N[C@@H](C)c2cc3cccc(N(C)C)c3c(=O)n2-c2ccccc2)c2ncccc2n1. The molecule has 1 atom stereocenters. The van der Waals surface area contributed by atoms with Gasteiger partial charge in [0.2, 0.25) is 0 Å². The Morgan fingerprint density at radius 1 is 0.971 bits per heavy atom. The second-order valence-corrected chi connectivity index (χ2v) is 8.54.